The van der Waals surface area contributed by atoms with Crippen molar-refractivity contribution < 1.29 is 9.53 Å². The van der Waals surface area contributed by atoms with Gasteiger partial charge in [0, 0.05) is 17.0 Å². The number of thiazole rings is 1. The Morgan fingerprint density at radius 1 is 1.17 bits per heavy atom. The molecule has 1 N–H and O–H groups in total. The third kappa shape index (κ3) is 3.60. The van der Waals surface area contributed by atoms with Crippen molar-refractivity contribution in [1.82, 2.24) is 4.57 Å². The van der Waals surface area contributed by atoms with Crippen LogP contribution in [0.3, 0.4) is 0 Å². The number of nitrogens with zero attached hydrogens (tertiary/aromatic N) is 2. The van der Waals surface area contributed by atoms with E-state index in [1.165, 1.54) is 18.4 Å². The number of aromatic nitrogens is 1. The van der Waals surface area contributed by atoms with Gasteiger partial charge >= 0.3 is 0 Å². The number of rotatable bonds is 4. The van der Waals surface area contributed by atoms with E-state index >= 15 is 0 Å². The Labute approximate surface area is 173 Å². The number of ether oxygens (including phenoxy) is 1. The molecule has 3 aromatic rings. The average molecular weight is 406 g/mol. The van der Waals surface area contributed by atoms with E-state index < -0.39 is 0 Å². The molecule has 5 rings (SSSR count). The van der Waals surface area contributed by atoms with Crippen molar-refractivity contribution in [1.29, 1.82) is 0 Å². The van der Waals surface area contributed by atoms with Crippen molar-refractivity contribution in [3.63, 3.8) is 0 Å². The molecule has 1 amide bonds. The van der Waals surface area contributed by atoms with Gasteiger partial charge in [-0.2, -0.15) is 0 Å². The zero-order valence-electron chi connectivity index (χ0n) is 16.5. The SMILES string of the molecule is CC(C)c1ccc(N=c2scc(-c3ccc4c(c3)NC(=O)CO4)n2C2CC2)cc1. The van der Waals surface area contributed by atoms with Gasteiger partial charge in [-0.05, 0) is 54.7 Å². The van der Waals surface area contributed by atoms with Gasteiger partial charge in [0.15, 0.2) is 11.4 Å². The Hall–Kier alpha value is -2.86. The molecule has 5 nitrogen and oxygen atoms in total. The second-order valence-electron chi connectivity index (χ2n) is 7.91. The summed E-state index contributed by atoms with van der Waals surface area (Å²) in [5.41, 5.74) is 5.23. The van der Waals surface area contributed by atoms with Crippen LogP contribution in [0, 0.1) is 0 Å². The molecule has 0 spiro atoms. The van der Waals surface area contributed by atoms with Crippen LogP contribution in [0.4, 0.5) is 11.4 Å². The Kier molecular flexibility index (Phi) is 4.51. The molecular weight excluding hydrogens is 382 g/mol. The maximum Gasteiger partial charge on any atom is 0.262 e. The predicted molar refractivity (Wildman–Crippen MR) is 116 cm³/mol. The summed E-state index contributed by atoms with van der Waals surface area (Å²) in [4.78, 5) is 17.6. The quantitative estimate of drug-likeness (QED) is 0.645. The van der Waals surface area contributed by atoms with E-state index in [0.717, 1.165) is 33.2 Å². The molecule has 2 aliphatic rings. The van der Waals surface area contributed by atoms with Gasteiger partial charge in [-0.15, -0.1) is 11.3 Å². The number of anilines is 1. The molecule has 1 fully saturated rings. The smallest absolute Gasteiger partial charge is 0.262 e. The summed E-state index contributed by atoms with van der Waals surface area (Å²) < 4.78 is 7.83. The molecule has 1 saturated carbocycles. The van der Waals surface area contributed by atoms with Crippen LogP contribution in [0.5, 0.6) is 5.75 Å². The summed E-state index contributed by atoms with van der Waals surface area (Å²) >= 11 is 1.66. The number of carbonyl (C=O) groups excluding carboxylic acids is 1. The first-order chi connectivity index (χ1) is 14.1. The van der Waals surface area contributed by atoms with E-state index in [-0.39, 0.29) is 12.5 Å². The molecule has 29 heavy (non-hydrogen) atoms. The number of amides is 1. The third-order valence-electron chi connectivity index (χ3n) is 5.35. The van der Waals surface area contributed by atoms with E-state index in [2.05, 4.69) is 59.4 Å². The molecule has 2 aromatic carbocycles. The van der Waals surface area contributed by atoms with Crippen molar-refractivity contribution in [2.24, 2.45) is 4.99 Å². The number of carbonyl (C=O) groups is 1. The van der Waals surface area contributed by atoms with Gasteiger partial charge in [-0.25, -0.2) is 4.99 Å². The van der Waals surface area contributed by atoms with Crippen LogP contribution >= 0.6 is 11.3 Å². The van der Waals surface area contributed by atoms with Crippen LogP contribution < -0.4 is 14.9 Å². The van der Waals surface area contributed by atoms with Gasteiger partial charge < -0.3 is 14.6 Å². The van der Waals surface area contributed by atoms with Gasteiger partial charge in [-0.1, -0.05) is 26.0 Å². The normalized spacial score (nSPS) is 16.5. The molecule has 2 heterocycles. The molecule has 148 valence electrons. The van der Waals surface area contributed by atoms with E-state index in [1.54, 1.807) is 11.3 Å². The van der Waals surface area contributed by atoms with Crippen molar-refractivity contribution >= 4 is 28.6 Å². The van der Waals surface area contributed by atoms with Crippen molar-refractivity contribution in [2.45, 2.75) is 38.6 Å². The van der Waals surface area contributed by atoms with Crippen molar-refractivity contribution in [3.05, 3.63) is 58.2 Å². The number of hydrogen-bond acceptors (Lipinski definition) is 4. The standard InChI is InChI=1S/C23H23N3O2S/c1-14(2)15-3-6-17(7-4-15)24-23-26(18-8-9-18)20(13-29-23)16-5-10-21-19(11-16)25-22(27)12-28-21/h3-7,10-11,13-14,18H,8-9,12H2,1-2H3,(H,25,27). The maximum atomic E-state index is 11.7. The lowest BCUT2D eigenvalue weighted by molar-refractivity contribution is -0.118. The molecular formula is C23H23N3O2S. The van der Waals surface area contributed by atoms with Crippen LogP contribution in [-0.2, 0) is 4.79 Å². The van der Waals surface area contributed by atoms with Crippen LogP contribution in [0.2, 0.25) is 0 Å². The fraction of sp³-hybridized carbons (Fsp3) is 0.304. The van der Waals surface area contributed by atoms with Crippen LogP contribution in [0.1, 0.15) is 44.2 Å². The first-order valence-electron chi connectivity index (χ1n) is 10.0. The molecule has 1 aliphatic heterocycles. The minimum Gasteiger partial charge on any atom is -0.482 e. The Morgan fingerprint density at radius 3 is 2.69 bits per heavy atom. The second-order valence-corrected chi connectivity index (χ2v) is 8.75. The molecule has 0 unspecified atom stereocenters. The second kappa shape index (κ2) is 7.19. The highest BCUT2D eigenvalue weighted by Gasteiger charge is 2.28. The number of fused-ring (bicyclic) bond motifs is 1. The highest BCUT2D eigenvalue weighted by Crippen LogP contribution is 2.40. The van der Waals surface area contributed by atoms with Crippen LogP contribution in [-0.4, -0.2) is 17.1 Å². The maximum absolute atomic E-state index is 11.7. The third-order valence-corrected chi connectivity index (χ3v) is 6.19. The minimum absolute atomic E-state index is 0.0749. The molecule has 0 bridgehead atoms. The van der Waals surface area contributed by atoms with Gasteiger partial charge in [0.25, 0.3) is 5.91 Å². The van der Waals surface area contributed by atoms with E-state index in [4.69, 9.17) is 9.73 Å². The Bertz CT molecular complexity index is 1140. The van der Waals surface area contributed by atoms with Gasteiger partial charge in [0.1, 0.15) is 5.75 Å². The summed E-state index contributed by atoms with van der Waals surface area (Å²) in [6.45, 7) is 4.47. The largest absolute Gasteiger partial charge is 0.482 e. The topological polar surface area (TPSA) is 55.6 Å². The molecule has 0 radical (unpaired) electrons. The molecule has 0 saturated heterocycles. The lowest BCUT2D eigenvalue weighted by atomic mass is 10.0. The van der Waals surface area contributed by atoms with E-state index in [0.29, 0.717) is 12.0 Å². The number of nitrogens with one attached hydrogen (secondary N) is 1. The first-order valence-corrected chi connectivity index (χ1v) is 10.9. The monoisotopic (exact) mass is 405 g/mol. The molecule has 1 aromatic heterocycles. The van der Waals surface area contributed by atoms with Gasteiger partial charge in [0.2, 0.25) is 0 Å². The summed E-state index contributed by atoms with van der Waals surface area (Å²) in [6, 6.07) is 15.0. The average Bonchev–Trinajstić information content (AvgIpc) is 3.48. The zero-order valence-corrected chi connectivity index (χ0v) is 17.3. The fourth-order valence-corrected chi connectivity index (χ4v) is 4.57. The first kappa shape index (κ1) is 18.2. The lowest BCUT2D eigenvalue weighted by Gasteiger charge is -2.19. The van der Waals surface area contributed by atoms with Crippen LogP contribution in [0.25, 0.3) is 11.3 Å². The van der Waals surface area contributed by atoms with E-state index in [9.17, 15) is 4.79 Å². The fourth-order valence-electron chi connectivity index (χ4n) is 3.58. The highest BCUT2D eigenvalue weighted by molar-refractivity contribution is 7.07. The zero-order chi connectivity index (χ0) is 20.0. The van der Waals surface area contributed by atoms with Crippen molar-refractivity contribution in [3.8, 4) is 17.0 Å². The molecule has 0 atom stereocenters. The molecule has 1 aliphatic carbocycles. The van der Waals surface area contributed by atoms with Crippen molar-refractivity contribution in [2.75, 3.05) is 11.9 Å². The summed E-state index contributed by atoms with van der Waals surface area (Å²) in [7, 11) is 0. The number of benzene rings is 2. The van der Waals surface area contributed by atoms with Crippen LogP contribution in [0.15, 0.2) is 52.8 Å². The summed E-state index contributed by atoms with van der Waals surface area (Å²) in [5.74, 6) is 1.12. The van der Waals surface area contributed by atoms with Gasteiger partial charge in [-0.3, -0.25) is 4.79 Å². The van der Waals surface area contributed by atoms with E-state index in [1.807, 2.05) is 12.1 Å². The van der Waals surface area contributed by atoms with Gasteiger partial charge in [0.05, 0.1) is 17.1 Å². The number of hydrogen-bond donors (Lipinski definition) is 1. The Morgan fingerprint density at radius 2 is 1.97 bits per heavy atom. The lowest BCUT2D eigenvalue weighted by Crippen LogP contribution is -2.25. The summed E-state index contributed by atoms with van der Waals surface area (Å²) in [6.07, 6.45) is 2.35. The Balaban J connectivity index is 1.55. The summed E-state index contributed by atoms with van der Waals surface area (Å²) in [5, 5.41) is 5.06. The highest BCUT2D eigenvalue weighted by atomic mass is 32.1. The predicted octanol–water partition coefficient (Wildman–Crippen LogP) is 5.24. The molecule has 6 heteroatoms. The minimum atomic E-state index is -0.115.